The smallest absolute Gasteiger partial charge is 0.267 e. The Kier molecular flexibility index (Phi) is 4.48. The SMILES string of the molecule is Nc1c(C(=O)Nc2ccncc2)sc2nc3c(cc12)CC(c1ccccc1)CC3. The molecule has 5 nitrogen and oxygen atoms in total. The number of aromatic nitrogens is 2. The lowest BCUT2D eigenvalue weighted by Gasteiger charge is -2.24. The summed E-state index contributed by atoms with van der Waals surface area (Å²) in [5.74, 6) is 0.286. The lowest BCUT2D eigenvalue weighted by molar-refractivity contribution is 0.103. The summed E-state index contributed by atoms with van der Waals surface area (Å²) in [6.07, 6.45) is 6.27. The first kappa shape index (κ1) is 17.8. The normalized spacial score (nSPS) is 15.8. The van der Waals surface area contributed by atoms with Crippen molar-refractivity contribution < 1.29 is 4.79 Å². The number of thiophene rings is 1. The summed E-state index contributed by atoms with van der Waals surface area (Å²) in [5.41, 5.74) is 11.3. The van der Waals surface area contributed by atoms with E-state index in [-0.39, 0.29) is 5.91 Å². The number of nitrogens with one attached hydrogen (secondary N) is 1. The molecule has 1 aliphatic carbocycles. The van der Waals surface area contributed by atoms with E-state index in [0.29, 0.717) is 22.2 Å². The van der Waals surface area contributed by atoms with Gasteiger partial charge in [0.25, 0.3) is 5.91 Å². The van der Waals surface area contributed by atoms with Gasteiger partial charge in [-0.3, -0.25) is 9.78 Å². The molecule has 1 atom stereocenters. The van der Waals surface area contributed by atoms with E-state index in [4.69, 9.17) is 10.7 Å². The Morgan fingerprint density at radius 2 is 1.93 bits per heavy atom. The number of nitrogens with two attached hydrogens (primary N) is 1. The van der Waals surface area contributed by atoms with Crippen LogP contribution < -0.4 is 11.1 Å². The van der Waals surface area contributed by atoms with E-state index >= 15 is 0 Å². The maximum absolute atomic E-state index is 12.7. The van der Waals surface area contributed by atoms with E-state index in [9.17, 15) is 4.79 Å². The number of nitrogen functional groups attached to an aromatic ring is 1. The first-order valence-electron chi connectivity index (χ1n) is 9.66. The van der Waals surface area contributed by atoms with Crippen LogP contribution in [0, 0.1) is 0 Å². The van der Waals surface area contributed by atoms with Gasteiger partial charge in [0.15, 0.2) is 0 Å². The molecule has 29 heavy (non-hydrogen) atoms. The molecule has 0 saturated carbocycles. The number of hydrogen-bond acceptors (Lipinski definition) is 5. The predicted octanol–water partition coefficient (Wildman–Crippen LogP) is 4.80. The quantitative estimate of drug-likeness (QED) is 0.518. The van der Waals surface area contributed by atoms with E-state index in [1.54, 1.807) is 24.5 Å². The van der Waals surface area contributed by atoms with Crippen LogP contribution in [0.15, 0.2) is 60.9 Å². The van der Waals surface area contributed by atoms with Crippen molar-refractivity contribution in [2.24, 2.45) is 0 Å². The Hall–Kier alpha value is -3.25. The van der Waals surface area contributed by atoms with Gasteiger partial charge in [-0.15, -0.1) is 11.3 Å². The molecule has 0 fully saturated rings. The van der Waals surface area contributed by atoms with Gasteiger partial charge in [0.2, 0.25) is 0 Å². The lowest BCUT2D eigenvalue weighted by Crippen LogP contribution is -2.14. The minimum atomic E-state index is -0.211. The number of carbonyl (C=O) groups is 1. The number of rotatable bonds is 3. The Bertz CT molecular complexity index is 1190. The first-order valence-corrected chi connectivity index (χ1v) is 10.5. The molecule has 1 unspecified atom stereocenters. The molecule has 5 rings (SSSR count). The maximum atomic E-state index is 12.7. The van der Waals surface area contributed by atoms with Crippen molar-refractivity contribution >= 4 is 38.8 Å². The Balaban J connectivity index is 1.47. The van der Waals surface area contributed by atoms with Gasteiger partial charge in [-0.2, -0.15) is 0 Å². The van der Waals surface area contributed by atoms with Crippen LogP contribution in [-0.4, -0.2) is 15.9 Å². The zero-order valence-electron chi connectivity index (χ0n) is 15.8. The molecule has 1 amide bonds. The number of amides is 1. The molecule has 6 heteroatoms. The highest BCUT2D eigenvalue weighted by Gasteiger charge is 2.24. The van der Waals surface area contributed by atoms with Gasteiger partial charge in [-0.25, -0.2) is 4.98 Å². The average molecular weight is 401 g/mol. The summed E-state index contributed by atoms with van der Waals surface area (Å²) in [6.45, 7) is 0. The van der Waals surface area contributed by atoms with Crippen molar-refractivity contribution in [2.45, 2.75) is 25.2 Å². The highest BCUT2D eigenvalue weighted by Crippen LogP contribution is 2.38. The van der Waals surface area contributed by atoms with Crippen LogP contribution in [-0.2, 0) is 12.8 Å². The van der Waals surface area contributed by atoms with Gasteiger partial charge in [-0.1, -0.05) is 30.3 Å². The number of aryl methyl sites for hydroxylation is 1. The molecule has 1 aliphatic rings. The van der Waals surface area contributed by atoms with Crippen molar-refractivity contribution in [1.82, 2.24) is 9.97 Å². The van der Waals surface area contributed by atoms with Gasteiger partial charge < -0.3 is 11.1 Å². The minimum absolute atomic E-state index is 0.211. The summed E-state index contributed by atoms with van der Waals surface area (Å²) in [4.78, 5) is 22.9. The zero-order chi connectivity index (χ0) is 19.8. The van der Waals surface area contributed by atoms with Crippen LogP contribution in [0.2, 0.25) is 0 Å². The van der Waals surface area contributed by atoms with Crippen LogP contribution in [0.4, 0.5) is 11.4 Å². The van der Waals surface area contributed by atoms with E-state index < -0.39 is 0 Å². The standard InChI is InChI=1S/C23H20N4OS/c24-20-18-13-16-12-15(14-4-2-1-3-5-14)6-7-19(16)27-23(18)29-21(20)22(28)26-17-8-10-25-11-9-17/h1-5,8-11,13,15H,6-7,12,24H2,(H,25,26,28). The van der Waals surface area contributed by atoms with Gasteiger partial charge >= 0.3 is 0 Å². The van der Waals surface area contributed by atoms with Crippen molar-refractivity contribution in [3.63, 3.8) is 0 Å². The molecule has 0 aliphatic heterocycles. The largest absolute Gasteiger partial charge is 0.397 e. The highest BCUT2D eigenvalue weighted by molar-refractivity contribution is 7.21. The molecule has 3 N–H and O–H groups in total. The van der Waals surface area contributed by atoms with Crippen molar-refractivity contribution in [3.05, 3.63) is 82.6 Å². The van der Waals surface area contributed by atoms with Gasteiger partial charge in [0, 0.05) is 29.2 Å². The summed E-state index contributed by atoms with van der Waals surface area (Å²) in [7, 11) is 0. The molecular formula is C23H20N4OS. The maximum Gasteiger partial charge on any atom is 0.267 e. The highest BCUT2D eigenvalue weighted by atomic mass is 32.1. The van der Waals surface area contributed by atoms with Gasteiger partial charge in [0.1, 0.15) is 9.71 Å². The number of hydrogen-bond donors (Lipinski definition) is 2. The Labute approximate surface area is 172 Å². The third-order valence-electron chi connectivity index (χ3n) is 5.50. The Morgan fingerprint density at radius 1 is 1.14 bits per heavy atom. The summed E-state index contributed by atoms with van der Waals surface area (Å²) in [5, 5.41) is 3.76. The third-order valence-corrected chi connectivity index (χ3v) is 6.61. The van der Waals surface area contributed by atoms with E-state index in [0.717, 1.165) is 35.2 Å². The number of fused-ring (bicyclic) bond motifs is 2. The van der Waals surface area contributed by atoms with E-state index in [1.165, 1.54) is 22.5 Å². The molecule has 144 valence electrons. The molecule has 1 aromatic carbocycles. The second-order valence-corrected chi connectivity index (χ2v) is 8.33. The molecular weight excluding hydrogens is 380 g/mol. The molecule has 3 heterocycles. The topological polar surface area (TPSA) is 80.9 Å². The number of benzene rings is 1. The third kappa shape index (κ3) is 3.36. The van der Waals surface area contributed by atoms with Crippen molar-refractivity contribution in [3.8, 4) is 0 Å². The number of carbonyl (C=O) groups excluding carboxylic acids is 1. The van der Waals surface area contributed by atoms with Crippen LogP contribution >= 0.6 is 11.3 Å². The van der Waals surface area contributed by atoms with Crippen molar-refractivity contribution in [2.75, 3.05) is 11.1 Å². The van der Waals surface area contributed by atoms with Gasteiger partial charge in [0.05, 0.1) is 5.69 Å². The minimum Gasteiger partial charge on any atom is -0.397 e. The molecule has 0 saturated heterocycles. The summed E-state index contributed by atoms with van der Waals surface area (Å²) in [6, 6.07) is 16.3. The molecule has 4 aromatic rings. The first-order chi connectivity index (χ1) is 14.2. The second-order valence-electron chi connectivity index (χ2n) is 7.33. The van der Waals surface area contributed by atoms with Crippen LogP contribution in [0.25, 0.3) is 10.2 Å². The molecule has 0 bridgehead atoms. The lowest BCUT2D eigenvalue weighted by atomic mass is 9.82. The number of pyridine rings is 2. The monoisotopic (exact) mass is 400 g/mol. The zero-order valence-corrected chi connectivity index (χ0v) is 16.6. The van der Waals surface area contributed by atoms with E-state index in [2.05, 4.69) is 46.7 Å². The predicted molar refractivity (Wildman–Crippen MR) is 117 cm³/mol. The summed E-state index contributed by atoms with van der Waals surface area (Å²) < 4.78 is 0. The number of anilines is 2. The Morgan fingerprint density at radius 3 is 2.72 bits per heavy atom. The van der Waals surface area contributed by atoms with E-state index in [1.807, 2.05) is 0 Å². The molecule has 0 radical (unpaired) electrons. The fraction of sp³-hybridized carbons (Fsp3) is 0.174. The van der Waals surface area contributed by atoms with Crippen LogP contribution in [0.1, 0.15) is 38.8 Å². The van der Waals surface area contributed by atoms with Crippen LogP contribution in [0.5, 0.6) is 0 Å². The second kappa shape index (κ2) is 7.29. The fourth-order valence-electron chi connectivity index (χ4n) is 3.99. The molecule has 0 spiro atoms. The van der Waals surface area contributed by atoms with Gasteiger partial charge in [-0.05, 0) is 54.5 Å². The van der Waals surface area contributed by atoms with Crippen LogP contribution in [0.3, 0.4) is 0 Å². The molecule has 3 aromatic heterocycles. The average Bonchev–Trinajstić information content (AvgIpc) is 3.09. The summed E-state index contributed by atoms with van der Waals surface area (Å²) >= 11 is 1.36. The fourth-order valence-corrected chi connectivity index (χ4v) is 4.98. The van der Waals surface area contributed by atoms with Crippen molar-refractivity contribution in [1.29, 1.82) is 0 Å². The number of nitrogens with zero attached hydrogens (tertiary/aromatic N) is 2.